The number of methoxy groups -OCH3 is 1. The van der Waals surface area contributed by atoms with Crippen molar-refractivity contribution in [3.8, 4) is 5.75 Å². The van der Waals surface area contributed by atoms with Crippen LogP contribution in [-0.2, 0) is 16.0 Å². The fraction of sp³-hybridized carbons (Fsp3) is 0.276. The molecule has 0 saturated heterocycles. The third kappa shape index (κ3) is 15.3. The van der Waals surface area contributed by atoms with E-state index in [1.165, 1.54) is 10.5 Å². The highest BCUT2D eigenvalue weighted by atomic mass is 32.2. The average Bonchev–Trinajstić information content (AvgIpc) is 2.94. The maximum Gasteiger partial charge on any atom is 0.326 e. The van der Waals surface area contributed by atoms with Gasteiger partial charge in [0.05, 0.1) is 19.2 Å². The minimum absolute atomic E-state index is 0.0294. The number of ether oxygens (including phenoxy) is 1. The Morgan fingerprint density at radius 3 is 2.00 bits per heavy atom. The van der Waals surface area contributed by atoms with Gasteiger partial charge < -0.3 is 29.9 Å². The first-order chi connectivity index (χ1) is 19.2. The second-order valence-corrected chi connectivity index (χ2v) is 9.58. The zero-order chi connectivity index (χ0) is 29.8. The van der Waals surface area contributed by atoms with E-state index in [2.05, 4.69) is 20.1 Å². The summed E-state index contributed by atoms with van der Waals surface area (Å²) >= 11 is 1.08. The first-order valence-electron chi connectivity index (χ1n) is 12.4. The van der Waals surface area contributed by atoms with Crippen LogP contribution < -0.4 is 29.7 Å². The zero-order valence-corrected chi connectivity index (χ0v) is 24.7. The fourth-order valence-electron chi connectivity index (χ4n) is 2.98. The highest BCUT2D eigenvalue weighted by molar-refractivity contribution is 7.99. The Morgan fingerprint density at radius 2 is 1.48 bits per heavy atom. The standard InChI is InChI=1S/C17H20N4O2S.C9H11NO2.C3H9N/c1-13(11-14-5-3-2-4-6-14)19-17(23)21-24-20-16-9-7-15(8-10-16)18-12-22;1-10(7-11)8-3-5-9(12-2)6-4-8;1-4(2)3/h2-10,12-13,20H,11H2,1H3,(H,18,22)(H2,19,21,23);3-7H,1-2H3;1-3H3. The van der Waals surface area contributed by atoms with Crippen LogP contribution >= 0.6 is 12.1 Å². The molecule has 3 aromatic rings. The van der Waals surface area contributed by atoms with Gasteiger partial charge in [0.15, 0.2) is 0 Å². The molecule has 3 rings (SSSR count). The van der Waals surface area contributed by atoms with E-state index in [0.717, 1.165) is 42.1 Å². The van der Waals surface area contributed by atoms with Crippen molar-refractivity contribution in [3.63, 3.8) is 0 Å². The average molecular weight is 569 g/mol. The molecule has 0 bridgehead atoms. The van der Waals surface area contributed by atoms with E-state index in [4.69, 9.17) is 4.74 Å². The van der Waals surface area contributed by atoms with Crippen molar-refractivity contribution < 1.29 is 19.1 Å². The number of hydrogen-bond donors (Lipinski definition) is 4. The van der Waals surface area contributed by atoms with Gasteiger partial charge in [0.2, 0.25) is 12.8 Å². The van der Waals surface area contributed by atoms with Gasteiger partial charge in [-0.15, -0.1) is 0 Å². The van der Waals surface area contributed by atoms with Crippen LogP contribution in [0.3, 0.4) is 0 Å². The Hall–Kier alpha value is -4.22. The Morgan fingerprint density at radius 1 is 0.900 bits per heavy atom. The largest absolute Gasteiger partial charge is 0.497 e. The number of benzene rings is 3. The Balaban J connectivity index is 0.000000415. The lowest BCUT2D eigenvalue weighted by Gasteiger charge is -2.14. The molecule has 0 saturated carbocycles. The number of rotatable bonds is 11. The van der Waals surface area contributed by atoms with E-state index in [1.54, 1.807) is 38.4 Å². The monoisotopic (exact) mass is 568 g/mol. The lowest BCUT2D eigenvalue weighted by Crippen LogP contribution is -2.39. The Kier molecular flexibility index (Phi) is 16.7. The second kappa shape index (κ2) is 19.8. The van der Waals surface area contributed by atoms with Gasteiger partial charge in [0.1, 0.15) is 5.75 Å². The fourth-order valence-corrected chi connectivity index (χ4v) is 3.44. The predicted molar refractivity (Wildman–Crippen MR) is 166 cm³/mol. The van der Waals surface area contributed by atoms with Crippen LogP contribution in [0.25, 0.3) is 0 Å². The minimum Gasteiger partial charge on any atom is -0.497 e. The van der Waals surface area contributed by atoms with Crippen molar-refractivity contribution in [3.05, 3.63) is 84.4 Å². The second-order valence-electron chi connectivity index (χ2n) is 8.97. The minimum atomic E-state index is -0.254. The molecular weight excluding hydrogens is 528 g/mol. The molecule has 0 radical (unpaired) electrons. The quantitative estimate of drug-likeness (QED) is 0.197. The van der Waals surface area contributed by atoms with Gasteiger partial charge in [-0.2, -0.15) is 0 Å². The predicted octanol–water partition coefficient (Wildman–Crippen LogP) is 4.63. The van der Waals surface area contributed by atoms with Gasteiger partial charge in [-0.3, -0.25) is 14.3 Å². The molecule has 0 aliphatic carbocycles. The summed E-state index contributed by atoms with van der Waals surface area (Å²) in [5, 5.41) is 5.44. The number of carbonyl (C=O) groups is 3. The molecule has 11 heteroatoms. The van der Waals surface area contributed by atoms with E-state index >= 15 is 0 Å². The van der Waals surface area contributed by atoms with Crippen LogP contribution in [0, 0.1) is 0 Å². The highest BCUT2D eigenvalue weighted by Gasteiger charge is 2.07. The van der Waals surface area contributed by atoms with E-state index in [1.807, 2.05) is 87.6 Å². The van der Waals surface area contributed by atoms with Crippen molar-refractivity contribution >= 4 is 48.0 Å². The number of hydrogen-bond acceptors (Lipinski definition) is 7. The lowest BCUT2D eigenvalue weighted by atomic mass is 10.1. The van der Waals surface area contributed by atoms with Gasteiger partial charge in [0, 0.05) is 30.2 Å². The van der Waals surface area contributed by atoms with E-state index < -0.39 is 0 Å². The highest BCUT2D eigenvalue weighted by Crippen LogP contribution is 2.17. The third-order valence-electron chi connectivity index (χ3n) is 4.82. The molecule has 10 nitrogen and oxygen atoms in total. The van der Waals surface area contributed by atoms with Crippen molar-refractivity contribution in [2.45, 2.75) is 19.4 Å². The summed E-state index contributed by atoms with van der Waals surface area (Å²) in [4.78, 5) is 36.0. The first-order valence-corrected chi connectivity index (χ1v) is 13.3. The van der Waals surface area contributed by atoms with Gasteiger partial charge in [-0.25, -0.2) is 4.79 Å². The number of nitrogens with one attached hydrogen (secondary N) is 4. The molecule has 4 N–H and O–H groups in total. The topological polar surface area (TPSA) is 115 Å². The molecule has 0 heterocycles. The van der Waals surface area contributed by atoms with Crippen LogP contribution in [0.2, 0.25) is 0 Å². The number of carbonyl (C=O) groups excluding carboxylic acids is 3. The number of amides is 4. The molecule has 1 unspecified atom stereocenters. The van der Waals surface area contributed by atoms with Crippen molar-refractivity contribution in [1.82, 2.24) is 14.9 Å². The molecule has 0 aliphatic rings. The van der Waals surface area contributed by atoms with Crippen LogP contribution in [-0.4, -0.2) is 65.1 Å². The Labute approximate surface area is 241 Å². The molecule has 0 aliphatic heterocycles. The molecular formula is C29H40N6O4S. The summed E-state index contributed by atoms with van der Waals surface area (Å²) in [6.07, 6.45) is 2.17. The first kappa shape index (κ1) is 33.8. The van der Waals surface area contributed by atoms with Gasteiger partial charge in [0.25, 0.3) is 0 Å². The van der Waals surface area contributed by atoms with Gasteiger partial charge >= 0.3 is 6.03 Å². The number of anilines is 3. The molecule has 216 valence electrons. The van der Waals surface area contributed by atoms with E-state index in [-0.39, 0.29) is 12.1 Å². The van der Waals surface area contributed by atoms with Crippen molar-refractivity contribution in [2.75, 3.05) is 50.2 Å². The smallest absolute Gasteiger partial charge is 0.326 e. The van der Waals surface area contributed by atoms with Crippen molar-refractivity contribution in [2.24, 2.45) is 0 Å². The van der Waals surface area contributed by atoms with Crippen LogP contribution in [0.1, 0.15) is 12.5 Å². The van der Waals surface area contributed by atoms with Crippen LogP contribution in [0.15, 0.2) is 78.9 Å². The lowest BCUT2D eigenvalue weighted by molar-refractivity contribution is -0.107. The summed E-state index contributed by atoms with van der Waals surface area (Å²) in [6.45, 7) is 1.96. The van der Waals surface area contributed by atoms with Crippen LogP contribution in [0.4, 0.5) is 21.9 Å². The Bertz CT molecular complexity index is 1110. The molecule has 0 aromatic heterocycles. The summed E-state index contributed by atoms with van der Waals surface area (Å²) in [7, 11) is 9.31. The van der Waals surface area contributed by atoms with Gasteiger partial charge in [-0.05, 0) is 88.6 Å². The molecule has 4 amide bonds. The molecule has 3 aromatic carbocycles. The third-order valence-corrected chi connectivity index (χ3v) is 5.45. The summed E-state index contributed by atoms with van der Waals surface area (Å²) in [5.41, 5.74) is 3.56. The van der Waals surface area contributed by atoms with Crippen LogP contribution in [0.5, 0.6) is 5.75 Å². The molecule has 0 fully saturated rings. The normalized spacial score (nSPS) is 10.4. The maximum atomic E-state index is 11.8. The molecule has 1 atom stereocenters. The van der Waals surface area contributed by atoms with E-state index in [9.17, 15) is 14.4 Å². The maximum absolute atomic E-state index is 11.8. The molecule has 40 heavy (non-hydrogen) atoms. The zero-order valence-electron chi connectivity index (χ0n) is 23.9. The summed E-state index contributed by atoms with van der Waals surface area (Å²) in [5.74, 6) is 0.790. The summed E-state index contributed by atoms with van der Waals surface area (Å²) < 4.78 is 10.6. The number of urea groups is 1. The van der Waals surface area contributed by atoms with E-state index in [0.29, 0.717) is 12.1 Å². The summed E-state index contributed by atoms with van der Waals surface area (Å²) in [6, 6.07) is 24.2. The van der Waals surface area contributed by atoms with Gasteiger partial charge in [-0.1, -0.05) is 30.3 Å². The SMILES string of the molecule is CC(Cc1ccccc1)NC(=O)NSNc1ccc(NC=O)cc1.CN(C)C.COc1ccc(N(C)C=O)cc1. The molecule has 0 spiro atoms. The number of nitrogens with zero attached hydrogens (tertiary/aromatic N) is 2. The van der Waals surface area contributed by atoms with Crippen molar-refractivity contribution in [1.29, 1.82) is 0 Å².